The first-order valence-corrected chi connectivity index (χ1v) is 4.65. The van der Waals surface area contributed by atoms with Gasteiger partial charge in [0.25, 0.3) is 0 Å². The first-order valence-electron chi connectivity index (χ1n) is 4.65. The van der Waals surface area contributed by atoms with Gasteiger partial charge in [0.05, 0.1) is 6.61 Å². The van der Waals surface area contributed by atoms with Crippen molar-refractivity contribution in [2.75, 3.05) is 20.2 Å². The van der Waals surface area contributed by atoms with Crippen LogP contribution in [0.4, 0.5) is 0 Å². The molecule has 0 aromatic carbocycles. The maximum atomic E-state index is 10.9. The van der Waals surface area contributed by atoms with E-state index in [1.165, 1.54) is 0 Å². The second-order valence-electron chi connectivity index (χ2n) is 3.08. The summed E-state index contributed by atoms with van der Waals surface area (Å²) < 4.78 is 4.92. The van der Waals surface area contributed by atoms with Gasteiger partial charge in [0, 0.05) is 5.57 Å². The lowest BCUT2D eigenvalue weighted by Crippen LogP contribution is -2.09. The summed E-state index contributed by atoms with van der Waals surface area (Å²) in [6, 6.07) is 0. The lowest BCUT2D eigenvalue weighted by atomic mass is 10.2. The lowest BCUT2D eigenvalue weighted by Gasteiger charge is -2.03. The first kappa shape index (κ1) is 15.9. The number of rotatable bonds is 7. The normalized spacial score (nSPS) is 9.00. The molecule has 0 aromatic rings. The van der Waals surface area contributed by atoms with Gasteiger partial charge in [-0.05, 0) is 39.8 Å². The Hall–Kier alpha value is -0.540. The van der Waals surface area contributed by atoms with Crippen molar-refractivity contribution in [3.8, 4) is 0 Å². The van der Waals surface area contributed by atoms with Crippen molar-refractivity contribution in [1.29, 1.82) is 0 Å². The quantitative estimate of drug-likeness (QED) is 0.406. The number of unbranched alkanes of at least 4 members (excludes halogenated alkanes) is 2. The Morgan fingerprint density at radius 2 is 2.00 bits per heavy atom. The summed E-state index contributed by atoms with van der Waals surface area (Å²) in [6.07, 6.45) is 3.14. The van der Waals surface area contributed by atoms with Gasteiger partial charge in [-0.1, -0.05) is 6.58 Å². The minimum Gasteiger partial charge on any atom is -0.462 e. The maximum absolute atomic E-state index is 10.9. The Morgan fingerprint density at radius 1 is 1.36 bits per heavy atom. The molecule has 0 aliphatic carbocycles. The average Bonchev–Trinajstić information content (AvgIpc) is 2.10. The monoisotopic (exact) mass is 221 g/mol. The molecule has 3 nitrogen and oxygen atoms in total. The molecule has 14 heavy (non-hydrogen) atoms. The number of ether oxygens (including phenoxy) is 1. The highest BCUT2D eigenvalue weighted by Gasteiger charge is 2.01. The SMILES string of the molecule is C=C(C)C(=O)OCCCCCNC.Cl. The van der Waals surface area contributed by atoms with Crippen molar-refractivity contribution in [2.24, 2.45) is 0 Å². The summed E-state index contributed by atoms with van der Waals surface area (Å²) >= 11 is 0. The molecule has 0 rings (SSSR count). The number of carbonyl (C=O) groups is 1. The molecule has 0 spiro atoms. The van der Waals surface area contributed by atoms with E-state index in [0.717, 1.165) is 25.8 Å². The molecular weight excluding hydrogens is 202 g/mol. The van der Waals surface area contributed by atoms with Crippen molar-refractivity contribution in [3.05, 3.63) is 12.2 Å². The molecule has 0 bridgehead atoms. The molecule has 0 saturated carbocycles. The molecule has 0 aliphatic heterocycles. The third-order valence-corrected chi connectivity index (χ3v) is 1.65. The summed E-state index contributed by atoms with van der Waals surface area (Å²) in [7, 11) is 1.93. The fourth-order valence-electron chi connectivity index (χ4n) is 0.869. The molecule has 0 amide bonds. The Balaban J connectivity index is 0. The highest BCUT2D eigenvalue weighted by Crippen LogP contribution is 1.97. The van der Waals surface area contributed by atoms with E-state index in [9.17, 15) is 4.79 Å². The Kier molecular flexibility index (Phi) is 12.0. The van der Waals surface area contributed by atoms with Gasteiger partial charge in [0.2, 0.25) is 0 Å². The zero-order chi connectivity index (χ0) is 10.1. The molecule has 84 valence electrons. The van der Waals surface area contributed by atoms with Crippen molar-refractivity contribution in [3.63, 3.8) is 0 Å². The third kappa shape index (κ3) is 9.55. The van der Waals surface area contributed by atoms with Crippen molar-refractivity contribution >= 4 is 18.4 Å². The standard InChI is InChI=1S/C10H19NO2.ClH/c1-9(2)10(12)13-8-6-4-5-7-11-3;/h11H,1,4-8H2,2-3H3;1H. The molecule has 0 radical (unpaired) electrons. The molecule has 0 fully saturated rings. The van der Waals surface area contributed by atoms with Crippen LogP contribution in [0.2, 0.25) is 0 Å². The molecule has 0 atom stereocenters. The van der Waals surface area contributed by atoms with E-state index in [1.807, 2.05) is 7.05 Å². The zero-order valence-electron chi connectivity index (χ0n) is 8.97. The predicted octanol–water partition coefficient (Wildman–Crippen LogP) is 1.92. The van der Waals surface area contributed by atoms with Crippen LogP contribution in [0.1, 0.15) is 26.2 Å². The van der Waals surface area contributed by atoms with E-state index in [0.29, 0.717) is 12.2 Å². The van der Waals surface area contributed by atoms with Crippen molar-refractivity contribution in [2.45, 2.75) is 26.2 Å². The smallest absolute Gasteiger partial charge is 0.333 e. The number of nitrogens with one attached hydrogen (secondary N) is 1. The van der Waals surface area contributed by atoms with Crippen LogP contribution in [0.5, 0.6) is 0 Å². The van der Waals surface area contributed by atoms with Gasteiger partial charge in [0.15, 0.2) is 0 Å². The van der Waals surface area contributed by atoms with Crippen LogP contribution in [0.15, 0.2) is 12.2 Å². The van der Waals surface area contributed by atoms with Crippen LogP contribution in [0, 0.1) is 0 Å². The number of hydrogen-bond donors (Lipinski definition) is 1. The molecule has 0 heterocycles. The highest BCUT2D eigenvalue weighted by atomic mass is 35.5. The van der Waals surface area contributed by atoms with Gasteiger partial charge in [0.1, 0.15) is 0 Å². The summed E-state index contributed by atoms with van der Waals surface area (Å²) in [5.41, 5.74) is 0.468. The van der Waals surface area contributed by atoms with Crippen LogP contribution < -0.4 is 5.32 Å². The van der Waals surface area contributed by atoms with Gasteiger partial charge >= 0.3 is 5.97 Å². The molecule has 1 N–H and O–H groups in total. The van der Waals surface area contributed by atoms with E-state index in [4.69, 9.17) is 4.74 Å². The maximum Gasteiger partial charge on any atom is 0.333 e. The van der Waals surface area contributed by atoms with E-state index < -0.39 is 0 Å². The second kappa shape index (κ2) is 10.5. The minimum absolute atomic E-state index is 0. The largest absolute Gasteiger partial charge is 0.462 e. The van der Waals surface area contributed by atoms with E-state index in [-0.39, 0.29) is 18.4 Å². The van der Waals surface area contributed by atoms with E-state index >= 15 is 0 Å². The number of halogens is 1. The fraction of sp³-hybridized carbons (Fsp3) is 0.700. The average molecular weight is 222 g/mol. The topological polar surface area (TPSA) is 38.3 Å². The van der Waals surface area contributed by atoms with Crippen molar-refractivity contribution < 1.29 is 9.53 Å². The molecule has 0 aromatic heterocycles. The minimum atomic E-state index is -0.284. The summed E-state index contributed by atoms with van der Waals surface area (Å²) in [5, 5.41) is 3.06. The van der Waals surface area contributed by atoms with E-state index in [1.54, 1.807) is 6.92 Å². The van der Waals surface area contributed by atoms with Gasteiger partial charge in [-0.15, -0.1) is 12.4 Å². The summed E-state index contributed by atoms with van der Waals surface area (Å²) in [5.74, 6) is -0.284. The van der Waals surface area contributed by atoms with Crippen LogP contribution in [-0.4, -0.2) is 26.2 Å². The molecule has 0 unspecified atom stereocenters. The number of esters is 1. The van der Waals surface area contributed by atoms with Gasteiger partial charge < -0.3 is 10.1 Å². The highest BCUT2D eigenvalue weighted by molar-refractivity contribution is 5.86. The zero-order valence-corrected chi connectivity index (χ0v) is 9.78. The summed E-state index contributed by atoms with van der Waals surface area (Å²) in [4.78, 5) is 10.9. The number of hydrogen-bond acceptors (Lipinski definition) is 3. The fourth-order valence-corrected chi connectivity index (χ4v) is 0.869. The van der Waals surface area contributed by atoms with E-state index in [2.05, 4.69) is 11.9 Å². The van der Waals surface area contributed by atoms with Crippen molar-refractivity contribution in [1.82, 2.24) is 5.32 Å². The molecule has 0 aliphatic rings. The predicted molar refractivity (Wildman–Crippen MR) is 60.8 cm³/mol. The summed E-state index contributed by atoms with van der Waals surface area (Å²) in [6.45, 7) is 6.69. The Morgan fingerprint density at radius 3 is 2.50 bits per heavy atom. The third-order valence-electron chi connectivity index (χ3n) is 1.65. The van der Waals surface area contributed by atoms with Crippen LogP contribution in [0.25, 0.3) is 0 Å². The second-order valence-corrected chi connectivity index (χ2v) is 3.08. The Bertz CT molecular complexity index is 172. The number of carbonyl (C=O) groups excluding carboxylic acids is 1. The molecule has 0 saturated heterocycles. The van der Waals surface area contributed by atoms with Crippen LogP contribution >= 0.6 is 12.4 Å². The lowest BCUT2D eigenvalue weighted by molar-refractivity contribution is -0.139. The van der Waals surface area contributed by atoms with Crippen LogP contribution in [-0.2, 0) is 9.53 Å². The Labute approximate surface area is 92.3 Å². The first-order chi connectivity index (χ1) is 6.18. The molecular formula is C10H20ClNO2. The van der Waals surface area contributed by atoms with Crippen LogP contribution in [0.3, 0.4) is 0 Å². The van der Waals surface area contributed by atoms with Gasteiger partial charge in [-0.25, -0.2) is 4.79 Å². The van der Waals surface area contributed by atoms with Gasteiger partial charge in [-0.3, -0.25) is 0 Å². The van der Waals surface area contributed by atoms with Gasteiger partial charge in [-0.2, -0.15) is 0 Å². The molecule has 4 heteroatoms.